The third-order valence-corrected chi connectivity index (χ3v) is 4.91. The Morgan fingerprint density at radius 3 is 2.50 bits per heavy atom. The highest BCUT2D eigenvalue weighted by Gasteiger charge is 2.34. The molecule has 2 fully saturated rings. The van der Waals surface area contributed by atoms with Crippen molar-refractivity contribution in [1.29, 1.82) is 0 Å². The van der Waals surface area contributed by atoms with E-state index >= 15 is 0 Å². The lowest BCUT2D eigenvalue weighted by Crippen LogP contribution is -2.38. The average molecular weight is 283 g/mol. The van der Waals surface area contributed by atoms with Crippen molar-refractivity contribution < 1.29 is 19.8 Å². The molecule has 4 atom stereocenters. The molecule has 20 heavy (non-hydrogen) atoms. The molecule has 0 bridgehead atoms. The maximum absolute atomic E-state index is 12.1. The standard InChI is InChI=1S/C15H25NO4/c17-13(15(19)20)7-8-16-14(18)12-6-5-10-3-1-2-4-11(10)9-12/h10-13,17H,1-9H2,(H,16,18)(H,19,20)/t10?,11?,12?,13-/m0/s1. The van der Waals surface area contributed by atoms with Crippen molar-refractivity contribution in [2.45, 2.75) is 57.5 Å². The van der Waals surface area contributed by atoms with Crippen molar-refractivity contribution in [2.24, 2.45) is 17.8 Å². The maximum Gasteiger partial charge on any atom is 0.332 e. The van der Waals surface area contributed by atoms with Crippen molar-refractivity contribution >= 4 is 11.9 Å². The van der Waals surface area contributed by atoms with Gasteiger partial charge < -0.3 is 15.5 Å². The van der Waals surface area contributed by atoms with Gasteiger partial charge in [-0.25, -0.2) is 4.79 Å². The second kappa shape index (κ2) is 7.07. The van der Waals surface area contributed by atoms with Crippen molar-refractivity contribution in [2.75, 3.05) is 6.54 Å². The van der Waals surface area contributed by atoms with Crippen molar-refractivity contribution in [3.05, 3.63) is 0 Å². The van der Waals surface area contributed by atoms with Crippen molar-refractivity contribution in [3.63, 3.8) is 0 Å². The number of carbonyl (C=O) groups is 2. The van der Waals surface area contributed by atoms with Crippen LogP contribution in [0.1, 0.15) is 51.4 Å². The van der Waals surface area contributed by atoms with Crippen LogP contribution >= 0.6 is 0 Å². The molecule has 2 rings (SSSR count). The summed E-state index contributed by atoms with van der Waals surface area (Å²) in [6.07, 6.45) is 6.98. The van der Waals surface area contributed by atoms with Crippen LogP contribution in [-0.4, -0.2) is 34.7 Å². The van der Waals surface area contributed by atoms with Crippen LogP contribution in [0.3, 0.4) is 0 Å². The van der Waals surface area contributed by atoms with E-state index in [1.807, 2.05) is 0 Å². The number of hydrogen-bond acceptors (Lipinski definition) is 3. The molecule has 0 heterocycles. The van der Waals surface area contributed by atoms with Gasteiger partial charge >= 0.3 is 5.97 Å². The van der Waals surface area contributed by atoms with Gasteiger partial charge in [-0.1, -0.05) is 25.7 Å². The van der Waals surface area contributed by atoms with Crippen LogP contribution in [0.4, 0.5) is 0 Å². The molecule has 5 heteroatoms. The van der Waals surface area contributed by atoms with Crippen molar-refractivity contribution in [3.8, 4) is 0 Å². The first-order valence-corrected chi connectivity index (χ1v) is 7.76. The van der Waals surface area contributed by atoms with Gasteiger partial charge in [0.05, 0.1) is 0 Å². The topological polar surface area (TPSA) is 86.6 Å². The van der Waals surface area contributed by atoms with E-state index in [1.165, 1.54) is 25.7 Å². The lowest BCUT2D eigenvalue weighted by molar-refractivity contribution is -0.147. The summed E-state index contributed by atoms with van der Waals surface area (Å²) >= 11 is 0. The molecule has 0 saturated heterocycles. The first-order valence-electron chi connectivity index (χ1n) is 7.76. The predicted molar refractivity (Wildman–Crippen MR) is 74.1 cm³/mol. The Labute approximate surface area is 119 Å². The Balaban J connectivity index is 1.71. The lowest BCUT2D eigenvalue weighted by atomic mass is 9.67. The highest BCUT2D eigenvalue weighted by Crippen LogP contribution is 2.42. The van der Waals surface area contributed by atoms with Gasteiger partial charge in [-0.3, -0.25) is 4.79 Å². The first kappa shape index (κ1) is 15.3. The zero-order valence-electron chi connectivity index (χ0n) is 11.9. The van der Waals surface area contributed by atoms with Gasteiger partial charge in [0.25, 0.3) is 0 Å². The van der Waals surface area contributed by atoms with Crippen LogP contribution in [0.25, 0.3) is 0 Å². The number of aliphatic hydroxyl groups excluding tert-OH is 1. The Morgan fingerprint density at radius 1 is 1.10 bits per heavy atom. The number of carbonyl (C=O) groups excluding carboxylic acids is 1. The highest BCUT2D eigenvalue weighted by molar-refractivity contribution is 5.78. The van der Waals surface area contributed by atoms with Gasteiger partial charge in [-0.05, 0) is 31.1 Å². The molecule has 2 aliphatic carbocycles. The minimum absolute atomic E-state index is 0.0339. The molecule has 0 radical (unpaired) electrons. The quantitative estimate of drug-likeness (QED) is 0.714. The minimum Gasteiger partial charge on any atom is -0.479 e. The summed E-state index contributed by atoms with van der Waals surface area (Å²) in [4.78, 5) is 22.6. The number of aliphatic carboxylic acids is 1. The normalized spacial score (nSPS) is 31.1. The van der Waals surface area contributed by atoms with Gasteiger partial charge in [-0.2, -0.15) is 0 Å². The fourth-order valence-corrected chi connectivity index (χ4v) is 3.71. The molecule has 5 nitrogen and oxygen atoms in total. The Morgan fingerprint density at radius 2 is 1.80 bits per heavy atom. The zero-order chi connectivity index (χ0) is 14.5. The Bertz CT molecular complexity index is 358. The molecule has 114 valence electrons. The molecular formula is C15H25NO4. The van der Waals surface area contributed by atoms with Gasteiger partial charge in [0.15, 0.2) is 6.10 Å². The fourth-order valence-electron chi connectivity index (χ4n) is 3.71. The molecule has 3 unspecified atom stereocenters. The van der Waals surface area contributed by atoms with Crippen LogP contribution in [0.2, 0.25) is 0 Å². The number of rotatable bonds is 5. The third kappa shape index (κ3) is 3.95. The minimum atomic E-state index is -1.38. The Kier molecular flexibility index (Phi) is 5.40. The number of carboxylic acid groups (broad SMARTS) is 1. The SMILES string of the molecule is O=C(NCC[C@H](O)C(=O)O)C1CCC2CCCCC2C1. The van der Waals surface area contributed by atoms with Gasteiger partial charge in [0.1, 0.15) is 0 Å². The molecule has 0 aromatic carbocycles. The molecule has 2 aliphatic rings. The number of nitrogens with one attached hydrogen (secondary N) is 1. The molecule has 0 aromatic rings. The summed E-state index contributed by atoms with van der Waals surface area (Å²) in [6, 6.07) is 0. The third-order valence-electron chi connectivity index (χ3n) is 4.91. The van der Waals surface area contributed by atoms with E-state index in [9.17, 15) is 9.59 Å². The number of amides is 1. The van der Waals surface area contributed by atoms with Crippen LogP contribution in [0.15, 0.2) is 0 Å². The summed E-state index contributed by atoms with van der Waals surface area (Å²) in [7, 11) is 0. The second-order valence-electron chi connectivity index (χ2n) is 6.25. The zero-order valence-corrected chi connectivity index (χ0v) is 11.9. The molecule has 1 amide bonds. The second-order valence-corrected chi connectivity index (χ2v) is 6.25. The Hall–Kier alpha value is -1.10. The van der Waals surface area contributed by atoms with Crippen molar-refractivity contribution in [1.82, 2.24) is 5.32 Å². The van der Waals surface area contributed by atoms with E-state index in [0.717, 1.165) is 25.2 Å². The van der Waals surface area contributed by atoms with E-state index in [4.69, 9.17) is 10.2 Å². The van der Waals surface area contributed by atoms with Crippen LogP contribution in [0, 0.1) is 17.8 Å². The van der Waals surface area contributed by atoms with E-state index < -0.39 is 12.1 Å². The number of hydrogen-bond donors (Lipinski definition) is 3. The van der Waals surface area contributed by atoms with Gasteiger partial charge in [-0.15, -0.1) is 0 Å². The average Bonchev–Trinajstić information content (AvgIpc) is 2.46. The first-order chi connectivity index (χ1) is 9.58. The van der Waals surface area contributed by atoms with E-state index in [-0.39, 0.29) is 24.8 Å². The largest absolute Gasteiger partial charge is 0.479 e. The molecule has 0 spiro atoms. The summed E-state index contributed by atoms with van der Waals surface area (Å²) in [5.41, 5.74) is 0. The smallest absolute Gasteiger partial charge is 0.332 e. The summed E-state index contributed by atoms with van der Waals surface area (Å²) in [5.74, 6) is 0.407. The highest BCUT2D eigenvalue weighted by atomic mass is 16.4. The van der Waals surface area contributed by atoms with Gasteiger partial charge in [0.2, 0.25) is 5.91 Å². The van der Waals surface area contributed by atoms with Gasteiger partial charge in [0, 0.05) is 18.9 Å². The van der Waals surface area contributed by atoms with E-state index in [0.29, 0.717) is 5.92 Å². The monoisotopic (exact) mass is 283 g/mol. The number of carboxylic acids is 1. The van der Waals surface area contributed by atoms with E-state index in [1.54, 1.807) is 0 Å². The van der Waals surface area contributed by atoms with E-state index in [2.05, 4.69) is 5.32 Å². The summed E-state index contributed by atoms with van der Waals surface area (Å²) in [6.45, 7) is 0.233. The summed E-state index contributed by atoms with van der Waals surface area (Å²) in [5, 5.41) is 20.5. The molecule has 3 N–H and O–H groups in total. The molecule has 0 aliphatic heterocycles. The number of aliphatic hydroxyl groups is 1. The predicted octanol–water partition coefficient (Wildman–Crippen LogP) is 1.54. The molecule has 2 saturated carbocycles. The van der Waals surface area contributed by atoms with Crippen LogP contribution in [0.5, 0.6) is 0 Å². The van der Waals surface area contributed by atoms with Crippen LogP contribution in [-0.2, 0) is 9.59 Å². The van der Waals surface area contributed by atoms with Crippen LogP contribution < -0.4 is 5.32 Å². The molecular weight excluding hydrogens is 258 g/mol. The maximum atomic E-state index is 12.1. The lowest BCUT2D eigenvalue weighted by Gasteiger charge is -2.38. The fraction of sp³-hybridized carbons (Fsp3) is 0.867. The molecule has 0 aromatic heterocycles. The summed E-state index contributed by atoms with van der Waals surface area (Å²) < 4.78 is 0. The number of fused-ring (bicyclic) bond motifs is 1.